The van der Waals surface area contributed by atoms with Crippen LogP contribution in [0.25, 0.3) is 0 Å². The molecule has 3 N–H and O–H groups in total. The van der Waals surface area contributed by atoms with Gasteiger partial charge in [-0.05, 0) is 13.3 Å². The smallest absolute Gasteiger partial charge is 0.333 e. The van der Waals surface area contributed by atoms with Gasteiger partial charge in [-0.2, -0.15) is 5.26 Å². The van der Waals surface area contributed by atoms with E-state index in [0.717, 1.165) is 0 Å². The minimum atomic E-state index is -1.04. The third-order valence-electron chi connectivity index (χ3n) is 1.22. The van der Waals surface area contributed by atoms with E-state index in [1.165, 1.54) is 6.92 Å². The fourth-order valence-electron chi connectivity index (χ4n) is 0.654. The highest BCUT2D eigenvalue weighted by Gasteiger charge is 2.08. The van der Waals surface area contributed by atoms with Gasteiger partial charge in [-0.1, -0.05) is 0 Å². The van der Waals surface area contributed by atoms with Crippen LogP contribution in [-0.4, -0.2) is 11.1 Å². The van der Waals surface area contributed by atoms with Crippen molar-refractivity contribution in [1.82, 2.24) is 0 Å². The van der Waals surface area contributed by atoms with Gasteiger partial charge < -0.3 is 10.8 Å². The lowest BCUT2D eigenvalue weighted by molar-refractivity contribution is -0.132. The zero-order valence-electron chi connectivity index (χ0n) is 6.29. The number of aliphatic carboxylic acids is 1. The minimum absolute atomic E-state index is 0.131. The Balaban J connectivity index is 4.29. The van der Waals surface area contributed by atoms with Gasteiger partial charge in [-0.15, -0.1) is 0 Å². The Morgan fingerprint density at radius 1 is 1.73 bits per heavy atom. The molecular formula is C7H10N2O2. The molecule has 11 heavy (non-hydrogen) atoms. The van der Waals surface area contributed by atoms with Gasteiger partial charge in [0.2, 0.25) is 0 Å². The van der Waals surface area contributed by atoms with E-state index < -0.39 is 5.97 Å². The molecule has 0 radical (unpaired) electrons. The minimum Gasteiger partial charge on any atom is -0.478 e. The number of nitriles is 1. The van der Waals surface area contributed by atoms with Crippen LogP contribution >= 0.6 is 0 Å². The Morgan fingerprint density at radius 3 is 2.55 bits per heavy atom. The lowest BCUT2D eigenvalue weighted by Gasteiger charge is -1.99. The lowest BCUT2D eigenvalue weighted by Crippen LogP contribution is -2.08. The van der Waals surface area contributed by atoms with Crippen LogP contribution in [0.4, 0.5) is 0 Å². The third-order valence-corrected chi connectivity index (χ3v) is 1.22. The molecule has 0 spiro atoms. The normalized spacial score (nSPS) is 11.6. The van der Waals surface area contributed by atoms with Crippen LogP contribution in [0.15, 0.2) is 11.3 Å². The summed E-state index contributed by atoms with van der Waals surface area (Å²) >= 11 is 0. The second-order valence-corrected chi connectivity index (χ2v) is 2.12. The van der Waals surface area contributed by atoms with Crippen LogP contribution in [0.1, 0.15) is 19.8 Å². The number of rotatable bonds is 3. The van der Waals surface area contributed by atoms with Crippen molar-refractivity contribution in [2.24, 2.45) is 5.73 Å². The van der Waals surface area contributed by atoms with E-state index >= 15 is 0 Å². The van der Waals surface area contributed by atoms with Gasteiger partial charge in [0, 0.05) is 12.1 Å². The zero-order chi connectivity index (χ0) is 8.85. The van der Waals surface area contributed by atoms with E-state index in [1.54, 1.807) is 0 Å². The summed E-state index contributed by atoms with van der Waals surface area (Å²) in [5.41, 5.74) is 5.67. The molecule has 0 aliphatic heterocycles. The maximum absolute atomic E-state index is 10.4. The molecule has 0 saturated carbocycles. The topological polar surface area (TPSA) is 87.1 Å². The molecule has 0 fully saturated rings. The fourth-order valence-corrected chi connectivity index (χ4v) is 0.654. The van der Waals surface area contributed by atoms with E-state index in [2.05, 4.69) is 0 Å². The largest absolute Gasteiger partial charge is 0.478 e. The first-order valence-corrected chi connectivity index (χ1v) is 3.15. The van der Waals surface area contributed by atoms with Crippen molar-refractivity contribution in [2.75, 3.05) is 0 Å². The molecule has 0 bridgehead atoms. The molecule has 60 valence electrons. The average molecular weight is 154 g/mol. The first kappa shape index (κ1) is 9.50. The van der Waals surface area contributed by atoms with Crippen LogP contribution in [0.2, 0.25) is 0 Å². The molecule has 4 heteroatoms. The third kappa shape index (κ3) is 3.26. The molecule has 0 aliphatic carbocycles. The number of allylic oxidation sites excluding steroid dienone is 1. The Morgan fingerprint density at radius 2 is 2.27 bits per heavy atom. The van der Waals surface area contributed by atoms with Crippen molar-refractivity contribution < 1.29 is 9.90 Å². The van der Waals surface area contributed by atoms with Crippen molar-refractivity contribution in [3.63, 3.8) is 0 Å². The molecule has 0 unspecified atom stereocenters. The second kappa shape index (κ2) is 4.34. The van der Waals surface area contributed by atoms with Gasteiger partial charge in [0.15, 0.2) is 0 Å². The lowest BCUT2D eigenvalue weighted by atomic mass is 10.1. The van der Waals surface area contributed by atoms with E-state index in [0.29, 0.717) is 0 Å². The van der Waals surface area contributed by atoms with E-state index in [1.807, 2.05) is 6.07 Å². The van der Waals surface area contributed by atoms with Crippen molar-refractivity contribution in [3.05, 3.63) is 11.3 Å². The molecule has 0 aromatic carbocycles. The van der Waals surface area contributed by atoms with Crippen LogP contribution < -0.4 is 5.73 Å². The van der Waals surface area contributed by atoms with E-state index in [4.69, 9.17) is 16.1 Å². The molecule has 0 saturated heterocycles. The van der Waals surface area contributed by atoms with Gasteiger partial charge in [-0.3, -0.25) is 0 Å². The Kier molecular flexibility index (Phi) is 3.75. The Labute approximate surface area is 64.9 Å². The predicted octanol–water partition coefficient (Wildman–Crippen LogP) is 0.607. The summed E-state index contributed by atoms with van der Waals surface area (Å²) in [5, 5.41) is 16.7. The molecule has 0 aromatic rings. The summed E-state index contributed by atoms with van der Waals surface area (Å²) in [7, 11) is 0. The highest BCUT2D eigenvalue weighted by molar-refractivity contribution is 5.87. The van der Waals surface area contributed by atoms with Crippen LogP contribution in [0, 0.1) is 11.3 Å². The Hall–Kier alpha value is -1.50. The standard InChI is InChI=1S/C7H10N2O2/c1-5(9)6(7(10)11)3-2-4-8/h2-3,9H2,1H3,(H,10,11)/b6-5-. The maximum Gasteiger partial charge on any atom is 0.333 e. The van der Waals surface area contributed by atoms with Crippen LogP contribution in [0.3, 0.4) is 0 Å². The van der Waals surface area contributed by atoms with Crippen LogP contribution in [-0.2, 0) is 4.79 Å². The summed E-state index contributed by atoms with van der Waals surface area (Å²) in [6.45, 7) is 1.51. The van der Waals surface area contributed by atoms with Crippen LogP contribution in [0.5, 0.6) is 0 Å². The van der Waals surface area contributed by atoms with E-state index in [9.17, 15) is 4.79 Å². The Bertz CT molecular complexity index is 221. The summed E-state index contributed by atoms with van der Waals surface area (Å²) < 4.78 is 0. The van der Waals surface area contributed by atoms with E-state index in [-0.39, 0.29) is 24.1 Å². The molecule has 0 heterocycles. The van der Waals surface area contributed by atoms with Crippen molar-refractivity contribution >= 4 is 5.97 Å². The number of hydrogen-bond acceptors (Lipinski definition) is 3. The molecule has 4 nitrogen and oxygen atoms in total. The van der Waals surface area contributed by atoms with Crippen molar-refractivity contribution in [1.29, 1.82) is 5.26 Å². The number of hydrogen-bond donors (Lipinski definition) is 2. The summed E-state index contributed by atoms with van der Waals surface area (Å²) in [5.74, 6) is -1.04. The van der Waals surface area contributed by atoms with Gasteiger partial charge in [0.1, 0.15) is 0 Å². The zero-order valence-corrected chi connectivity index (χ0v) is 6.29. The SMILES string of the molecule is C/C(N)=C(\CCC#N)C(=O)O. The average Bonchev–Trinajstić information content (AvgIpc) is 1.87. The monoisotopic (exact) mass is 154 g/mol. The number of nitrogens with two attached hydrogens (primary N) is 1. The summed E-state index contributed by atoms with van der Waals surface area (Å²) in [4.78, 5) is 10.4. The number of carboxylic acids is 1. The molecule has 0 atom stereocenters. The predicted molar refractivity (Wildman–Crippen MR) is 39.4 cm³/mol. The first-order chi connectivity index (χ1) is 5.09. The molecule has 0 rings (SSSR count). The summed E-state index contributed by atoms with van der Waals surface area (Å²) in [6, 6.07) is 1.85. The highest BCUT2D eigenvalue weighted by Crippen LogP contribution is 2.06. The number of carbonyl (C=O) groups is 1. The van der Waals surface area contributed by atoms with Crippen molar-refractivity contribution in [3.8, 4) is 6.07 Å². The highest BCUT2D eigenvalue weighted by atomic mass is 16.4. The second-order valence-electron chi connectivity index (χ2n) is 2.12. The molecule has 0 aromatic heterocycles. The van der Waals surface area contributed by atoms with Gasteiger partial charge >= 0.3 is 5.97 Å². The molecular weight excluding hydrogens is 144 g/mol. The molecule has 0 aliphatic rings. The maximum atomic E-state index is 10.4. The van der Waals surface area contributed by atoms with Gasteiger partial charge in [0.25, 0.3) is 0 Å². The first-order valence-electron chi connectivity index (χ1n) is 3.15. The quantitative estimate of drug-likeness (QED) is 0.583. The molecule has 0 amide bonds. The summed E-state index contributed by atoms with van der Waals surface area (Å²) in [6.07, 6.45) is 0.407. The van der Waals surface area contributed by atoms with Gasteiger partial charge in [-0.25, -0.2) is 4.79 Å². The number of carboxylic acid groups (broad SMARTS) is 1. The van der Waals surface area contributed by atoms with Gasteiger partial charge in [0.05, 0.1) is 11.6 Å². The van der Waals surface area contributed by atoms with Crippen molar-refractivity contribution in [2.45, 2.75) is 19.8 Å². The number of nitrogens with zero attached hydrogens (tertiary/aromatic N) is 1. The fraction of sp³-hybridized carbons (Fsp3) is 0.429.